The Hall–Kier alpha value is -1.60. The van der Waals surface area contributed by atoms with E-state index in [0.29, 0.717) is 10.7 Å². The summed E-state index contributed by atoms with van der Waals surface area (Å²) in [7, 11) is 0. The highest BCUT2D eigenvalue weighted by Gasteiger charge is 2.36. The normalized spacial score (nSPS) is 14.9. The summed E-state index contributed by atoms with van der Waals surface area (Å²) in [6.45, 7) is -1.87. The third-order valence-corrected chi connectivity index (χ3v) is 2.89. The van der Waals surface area contributed by atoms with E-state index in [9.17, 15) is 22.8 Å². The molecular formula is C12H9ClF3NO3. The summed E-state index contributed by atoms with van der Waals surface area (Å²) in [5.41, 5.74) is 0.485. The molecule has 108 valence electrons. The van der Waals surface area contributed by atoms with E-state index in [4.69, 9.17) is 11.6 Å². The van der Waals surface area contributed by atoms with Gasteiger partial charge in [-0.15, -0.1) is 0 Å². The zero-order valence-electron chi connectivity index (χ0n) is 10.0. The van der Waals surface area contributed by atoms with E-state index in [1.165, 1.54) is 18.2 Å². The van der Waals surface area contributed by atoms with Gasteiger partial charge in [0, 0.05) is 11.6 Å². The molecule has 8 heteroatoms. The number of amides is 1. The number of alkyl halides is 3. The fourth-order valence-corrected chi connectivity index (χ4v) is 2.00. The van der Waals surface area contributed by atoms with Crippen molar-refractivity contribution >= 4 is 29.0 Å². The molecule has 0 aliphatic carbocycles. The first-order valence-corrected chi connectivity index (χ1v) is 5.97. The third kappa shape index (κ3) is 3.10. The van der Waals surface area contributed by atoms with Gasteiger partial charge in [0.15, 0.2) is 0 Å². The van der Waals surface area contributed by atoms with Crippen LogP contribution in [0.4, 0.5) is 18.9 Å². The molecule has 0 spiro atoms. The number of rotatable bonds is 4. The molecule has 0 radical (unpaired) electrons. The van der Waals surface area contributed by atoms with Gasteiger partial charge in [-0.2, -0.15) is 13.2 Å². The topological polar surface area (TPSA) is 46.6 Å². The Morgan fingerprint density at radius 1 is 1.25 bits per heavy atom. The fraction of sp³-hybridized carbons (Fsp3) is 0.333. The van der Waals surface area contributed by atoms with Gasteiger partial charge in [-0.1, -0.05) is 11.6 Å². The number of ether oxygens (including phenoxy) is 1. The van der Waals surface area contributed by atoms with Gasteiger partial charge in [0.05, 0.1) is 17.9 Å². The number of nitrogens with zero attached hydrogens (tertiary/aromatic N) is 1. The third-order valence-electron chi connectivity index (χ3n) is 2.66. The molecule has 0 saturated heterocycles. The summed E-state index contributed by atoms with van der Waals surface area (Å²) in [6, 6.07) is 4.30. The van der Waals surface area contributed by atoms with E-state index in [1.54, 1.807) is 0 Å². The lowest BCUT2D eigenvalue weighted by Crippen LogP contribution is -2.33. The number of hydrogen-bond donors (Lipinski definition) is 0. The Morgan fingerprint density at radius 3 is 2.60 bits per heavy atom. The van der Waals surface area contributed by atoms with Crippen LogP contribution < -0.4 is 4.90 Å². The lowest BCUT2D eigenvalue weighted by atomic mass is 10.1. The maximum atomic E-state index is 11.9. The second kappa shape index (κ2) is 5.41. The quantitative estimate of drug-likeness (QED) is 0.634. The van der Waals surface area contributed by atoms with Crippen molar-refractivity contribution in [3.05, 3.63) is 28.8 Å². The van der Waals surface area contributed by atoms with E-state index in [2.05, 4.69) is 4.74 Å². The predicted molar refractivity (Wildman–Crippen MR) is 65.0 cm³/mol. The zero-order chi connectivity index (χ0) is 14.9. The van der Waals surface area contributed by atoms with Gasteiger partial charge in [0.2, 0.25) is 0 Å². The van der Waals surface area contributed by atoms with E-state index in [0.717, 1.165) is 4.90 Å². The molecule has 0 N–H and O–H groups in total. The number of benzene rings is 1. The van der Waals surface area contributed by atoms with Gasteiger partial charge in [0.1, 0.15) is 6.61 Å². The van der Waals surface area contributed by atoms with Crippen LogP contribution in [0, 0.1) is 0 Å². The molecule has 1 aromatic rings. The standard InChI is InChI=1S/C12H9ClF3NO3/c13-7-1-2-8-9(5-7)17(11(19)10(8)18)3-4-20-6-12(14,15)16/h1-2,5H,3-4,6H2. The van der Waals surface area contributed by atoms with Crippen LogP contribution in [0.1, 0.15) is 10.4 Å². The predicted octanol–water partition coefficient (Wildman–Crippen LogP) is 2.45. The number of Topliss-reactive ketones (excluding diaryl/α,β-unsaturated/α-hetero) is 1. The number of halogens is 4. The number of ketones is 1. The molecule has 1 amide bonds. The second-order valence-corrected chi connectivity index (χ2v) is 4.55. The van der Waals surface area contributed by atoms with Crippen LogP contribution in [0.25, 0.3) is 0 Å². The van der Waals surface area contributed by atoms with Crippen LogP contribution in [0.2, 0.25) is 5.02 Å². The number of carbonyl (C=O) groups excluding carboxylic acids is 2. The van der Waals surface area contributed by atoms with Crippen molar-refractivity contribution in [3.63, 3.8) is 0 Å². The van der Waals surface area contributed by atoms with Gasteiger partial charge in [0.25, 0.3) is 11.7 Å². The highest BCUT2D eigenvalue weighted by Crippen LogP contribution is 2.31. The first-order chi connectivity index (χ1) is 9.29. The summed E-state index contributed by atoms with van der Waals surface area (Å²) in [6.07, 6.45) is -4.42. The SMILES string of the molecule is O=C1C(=O)N(CCOCC(F)(F)F)c2cc(Cl)ccc21. The number of hydrogen-bond acceptors (Lipinski definition) is 3. The van der Waals surface area contributed by atoms with Gasteiger partial charge in [-0.25, -0.2) is 0 Å². The summed E-state index contributed by atoms with van der Waals surface area (Å²) < 4.78 is 40.2. The molecule has 1 heterocycles. The Bertz CT molecular complexity index is 559. The van der Waals surface area contributed by atoms with Crippen molar-refractivity contribution in [1.82, 2.24) is 0 Å². The second-order valence-electron chi connectivity index (χ2n) is 4.12. The Balaban J connectivity index is 2.04. The maximum absolute atomic E-state index is 11.9. The molecule has 0 saturated carbocycles. The molecule has 1 aromatic carbocycles. The van der Waals surface area contributed by atoms with Crippen molar-refractivity contribution in [2.24, 2.45) is 0 Å². The van der Waals surface area contributed by atoms with Crippen molar-refractivity contribution in [2.75, 3.05) is 24.7 Å². The zero-order valence-corrected chi connectivity index (χ0v) is 10.8. The summed E-state index contributed by atoms with van der Waals surface area (Å²) in [5.74, 6) is -1.50. The largest absolute Gasteiger partial charge is 0.411 e. The Labute approximate surface area is 117 Å². The van der Waals surface area contributed by atoms with Crippen LogP contribution in [-0.4, -0.2) is 37.6 Å². The van der Waals surface area contributed by atoms with Crippen LogP contribution in [-0.2, 0) is 9.53 Å². The molecule has 0 fully saturated rings. The van der Waals surface area contributed by atoms with E-state index < -0.39 is 24.5 Å². The molecule has 20 heavy (non-hydrogen) atoms. The summed E-state index contributed by atoms with van der Waals surface area (Å²) >= 11 is 5.78. The fourth-order valence-electron chi connectivity index (χ4n) is 1.83. The first kappa shape index (κ1) is 14.8. The first-order valence-electron chi connectivity index (χ1n) is 5.60. The summed E-state index contributed by atoms with van der Waals surface area (Å²) in [5, 5.41) is 0.326. The molecular weight excluding hydrogens is 299 g/mol. The van der Waals surface area contributed by atoms with E-state index in [-0.39, 0.29) is 18.7 Å². The Kier molecular flexibility index (Phi) is 4.01. The molecule has 2 rings (SSSR count). The van der Waals surface area contributed by atoms with Gasteiger partial charge in [-0.3, -0.25) is 9.59 Å². The van der Waals surface area contributed by atoms with Crippen LogP contribution in [0.15, 0.2) is 18.2 Å². The molecule has 1 aliphatic rings. The number of fused-ring (bicyclic) bond motifs is 1. The van der Waals surface area contributed by atoms with Crippen LogP contribution in [0.5, 0.6) is 0 Å². The summed E-state index contributed by atoms with van der Waals surface area (Å²) in [4.78, 5) is 24.4. The monoisotopic (exact) mass is 307 g/mol. The van der Waals surface area contributed by atoms with E-state index in [1.807, 2.05) is 0 Å². The lowest BCUT2D eigenvalue weighted by Gasteiger charge is -2.17. The minimum absolute atomic E-state index is 0.145. The van der Waals surface area contributed by atoms with Crippen molar-refractivity contribution in [1.29, 1.82) is 0 Å². The highest BCUT2D eigenvalue weighted by molar-refractivity contribution is 6.52. The minimum atomic E-state index is -4.42. The van der Waals surface area contributed by atoms with Crippen LogP contribution in [0.3, 0.4) is 0 Å². The molecule has 4 nitrogen and oxygen atoms in total. The molecule has 0 aromatic heterocycles. The maximum Gasteiger partial charge on any atom is 0.411 e. The number of anilines is 1. The van der Waals surface area contributed by atoms with Crippen molar-refractivity contribution < 1.29 is 27.5 Å². The average Bonchev–Trinajstić information content (AvgIpc) is 2.57. The molecule has 0 atom stereocenters. The smallest absolute Gasteiger partial charge is 0.370 e. The van der Waals surface area contributed by atoms with Gasteiger partial charge < -0.3 is 9.64 Å². The van der Waals surface area contributed by atoms with Gasteiger partial charge >= 0.3 is 6.18 Å². The molecule has 1 aliphatic heterocycles. The van der Waals surface area contributed by atoms with Gasteiger partial charge in [-0.05, 0) is 18.2 Å². The average molecular weight is 308 g/mol. The number of carbonyl (C=O) groups is 2. The highest BCUT2D eigenvalue weighted by atomic mass is 35.5. The van der Waals surface area contributed by atoms with Crippen molar-refractivity contribution in [3.8, 4) is 0 Å². The minimum Gasteiger partial charge on any atom is -0.370 e. The molecule has 0 unspecified atom stereocenters. The van der Waals surface area contributed by atoms with E-state index >= 15 is 0 Å². The Morgan fingerprint density at radius 2 is 1.95 bits per heavy atom. The van der Waals surface area contributed by atoms with Crippen LogP contribution >= 0.6 is 11.6 Å². The lowest BCUT2D eigenvalue weighted by molar-refractivity contribution is -0.173. The molecule has 0 bridgehead atoms. The van der Waals surface area contributed by atoms with Crippen molar-refractivity contribution in [2.45, 2.75) is 6.18 Å².